The minimum absolute atomic E-state index is 0.0629. The monoisotopic (exact) mass is 347 g/mol. The van der Waals surface area contributed by atoms with Gasteiger partial charge >= 0.3 is 0 Å². The minimum atomic E-state index is -0.0629. The van der Waals surface area contributed by atoms with E-state index in [4.69, 9.17) is 0 Å². The first-order valence-electron chi connectivity index (χ1n) is 6.55. The van der Waals surface area contributed by atoms with Gasteiger partial charge in [-0.2, -0.15) is 0 Å². The van der Waals surface area contributed by atoms with Crippen LogP contribution in [0.5, 0.6) is 0 Å². The molecule has 0 aliphatic rings. The van der Waals surface area contributed by atoms with Crippen LogP contribution in [0.1, 0.15) is 5.56 Å². The van der Waals surface area contributed by atoms with Crippen molar-refractivity contribution in [1.82, 2.24) is 9.97 Å². The van der Waals surface area contributed by atoms with Crippen LogP contribution in [0.2, 0.25) is 0 Å². The molecule has 0 saturated heterocycles. The predicted octanol–water partition coefficient (Wildman–Crippen LogP) is 4.31. The van der Waals surface area contributed by atoms with Crippen LogP contribution in [0.4, 0.5) is 5.13 Å². The molecule has 2 aromatic heterocycles. The highest BCUT2D eigenvalue weighted by Gasteiger charge is 2.09. The smallest absolute Gasteiger partial charge is 0.236 e. The molecular weight excluding hydrogens is 334 g/mol. The fourth-order valence-corrected chi connectivity index (χ4v) is 3.93. The van der Waals surface area contributed by atoms with Crippen molar-refractivity contribution in [3.8, 4) is 11.3 Å². The standard InChI is InChI=1S/C15H13N3OS3/c1-10-2-4-11(5-3-10)12-8-21-15(17-12)22-9-13(19)18-14-16-6-7-20-14/h2-8H,9H2,1H3,(H,16,18,19). The summed E-state index contributed by atoms with van der Waals surface area (Å²) in [6, 6.07) is 8.27. The summed E-state index contributed by atoms with van der Waals surface area (Å²) >= 11 is 4.41. The fourth-order valence-electron chi connectivity index (χ4n) is 1.75. The van der Waals surface area contributed by atoms with Gasteiger partial charge in [0, 0.05) is 22.5 Å². The highest BCUT2D eigenvalue weighted by atomic mass is 32.2. The normalized spacial score (nSPS) is 10.6. The highest BCUT2D eigenvalue weighted by molar-refractivity contribution is 8.01. The first-order chi connectivity index (χ1) is 10.7. The van der Waals surface area contributed by atoms with E-state index >= 15 is 0 Å². The number of carbonyl (C=O) groups excluding carboxylic acids is 1. The molecule has 0 spiro atoms. The summed E-state index contributed by atoms with van der Waals surface area (Å²) in [6.07, 6.45) is 1.67. The number of carbonyl (C=O) groups is 1. The van der Waals surface area contributed by atoms with Gasteiger partial charge in [-0.05, 0) is 6.92 Å². The second-order valence-corrected chi connectivity index (χ2v) is 7.51. The van der Waals surface area contributed by atoms with E-state index in [0.717, 1.165) is 15.6 Å². The van der Waals surface area contributed by atoms with E-state index < -0.39 is 0 Å². The van der Waals surface area contributed by atoms with Crippen molar-refractivity contribution in [3.63, 3.8) is 0 Å². The molecule has 2 heterocycles. The van der Waals surface area contributed by atoms with E-state index in [1.165, 1.54) is 28.7 Å². The number of hydrogen-bond donors (Lipinski definition) is 1. The Morgan fingerprint density at radius 2 is 2.09 bits per heavy atom. The topological polar surface area (TPSA) is 54.9 Å². The molecule has 7 heteroatoms. The SMILES string of the molecule is Cc1ccc(-c2csc(SCC(=O)Nc3nccs3)n2)cc1. The van der Waals surface area contributed by atoms with Gasteiger partial charge in [0.1, 0.15) is 0 Å². The third-order valence-electron chi connectivity index (χ3n) is 2.84. The molecule has 3 aromatic rings. The van der Waals surface area contributed by atoms with E-state index in [9.17, 15) is 4.79 Å². The van der Waals surface area contributed by atoms with Crippen molar-refractivity contribution >= 4 is 45.5 Å². The number of rotatable bonds is 5. The number of nitrogens with zero attached hydrogens (tertiary/aromatic N) is 2. The molecule has 0 atom stereocenters. The van der Waals surface area contributed by atoms with Gasteiger partial charge in [-0.1, -0.05) is 41.6 Å². The lowest BCUT2D eigenvalue weighted by molar-refractivity contribution is -0.113. The number of thioether (sulfide) groups is 1. The Morgan fingerprint density at radius 3 is 2.82 bits per heavy atom. The average molecular weight is 347 g/mol. The first-order valence-corrected chi connectivity index (χ1v) is 9.30. The summed E-state index contributed by atoms with van der Waals surface area (Å²) in [4.78, 5) is 20.4. The van der Waals surface area contributed by atoms with Crippen LogP contribution >= 0.6 is 34.4 Å². The molecule has 0 unspecified atom stereocenters. The summed E-state index contributed by atoms with van der Waals surface area (Å²) < 4.78 is 0.893. The Kier molecular flexibility index (Phi) is 4.87. The fraction of sp³-hybridized carbons (Fsp3) is 0.133. The maximum absolute atomic E-state index is 11.8. The largest absolute Gasteiger partial charge is 0.301 e. The van der Waals surface area contributed by atoms with Gasteiger partial charge in [0.25, 0.3) is 0 Å². The number of aromatic nitrogens is 2. The second-order valence-electron chi connectivity index (χ2n) is 4.54. The molecule has 1 N–H and O–H groups in total. The maximum atomic E-state index is 11.8. The second kappa shape index (κ2) is 7.04. The highest BCUT2D eigenvalue weighted by Crippen LogP contribution is 2.28. The van der Waals surface area contributed by atoms with Crippen LogP contribution in [-0.4, -0.2) is 21.6 Å². The zero-order valence-corrected chi connectivity index (χ0v) is 14.2. The Morgan fingerprint density at radius 1 is 1.27 bits per heavy atom. The molecule has 0 aliphatic carbocycles. The molecule has 1 aromatic carbocycles. The lowest BCUT2D eigenvalue weighted by atomic mass is 10.1. The average Bonchev–Trinajstić information content (AvgIpc) is 3.17. The lowest BCUT2D eigenvalue weighted by Gasteiger charge is -1.99. The molecule has 0 saturated carbocycles. The van der Waals surface area contributed by atoms with Gasteiger partial charge in [0.05, 0.1) is 11.4 Å². The number of nitrogens with one attached hydrogen (secondary N) is 1. The van der Waals surface area contributed by atoms with Gasteiger partial charge in [-0.25, -0.2) is 9.97 Å². The number of anilines is 1. The molecule has 0 radical (unpaired) electrons. The van der Waals surface area contributed by atoms with Crippen LogP contribution < -0.4 is 5.32 Å². The molecule has 0 fully saturated rings. The van der Waals surface area contributed by atoms with Crippen LogP contribution in [-0.2, 0) is 4.79 Å². The Labute approximate surface area is 140 Å². The Balaban J connectivity index is 1.57. The van der Waals surface area contributed by atoms with Crippen molar-refractivity contribution in [2.45, 2.75) is 11.3 Å². The Hall–Kier alpha value is -1.70. The van der Waals surface area contributed by atoms with Crippen molar-refractivity contribution < 1.29 is 4.79 Å². The molecule has 22 heavy (non-hydrogen) atoms. The van der Waals surface area contributed by atoms with Crippen molar-refractivity contribution in [3.05, 3.63) is 46.8 Å². The van der Waals surface area contributed by atoms with Gasteiger partial charge in [-0.3, -0.25) is 4.79 Å². The number of amides is 1. The molecule has 0 bridgehead atoms. The summed E-state index contributed by atoms with van der Waals surface area (Å²) in [7, 11) is 0. The van der Waals surface area contributed by atoms with E-state index in [1.807, 2.05) is 10.8 Å². The molecule has 3 rings (SSSR count). The van der Waals surface area contributed by atoms with Crippen LogP contribution in [0.25, 0.3) is 11.3 Å². The summed E-state index contributed by atoms with van der Waals surface area (Å²) in [5, 5.41) is 7.24. The molecule has 112 valence electrons. The molecule has 1 amide bonds. The lowest BCUT2D eigenvalue weighted by Crippen LogP contribution is -2.13. The van der Waals surface area contributed by atoms with E-state index in [0.29, 0.717) is 10.9 Å². The summed E-state index contributed by atoms with van der Waals surface area (Å²) in [6.45, 7) is 2.06. The Bertz CT molecular complexity index is 751. The van der Waals surface area contributed by atoms with Gasteiger partial charge in [-0.15, -0.1) is 22.7 Å². The number of hydrogen-bond acceptors (Lipinski definition) is 6. The summed E-state index contributed by atoms with van der Waals surface area (Å²) in [5.41, 5.74) is 3.28. The van der Waals surface area contributed by atoms with E-state index in [1.54, 1.807) is 17.5 Å². The quantitative estimate of drug-likeness (QED) is 0.699. The minimum Gasteiger partial charge on any atom is -0.301 e. The van der Waals surface area contributed by atoms with Crippen molar-refractivity contribution in [2.75, 3.05) is 11.1 Å². The van der Waals surface area contributed by atoms with Gasteiger partial charge in [0.15, 0.2) is 9.47 Å². The zero-order valence-electron chi connectivity index (χ0n) is 11.8. The van der Waals surface area contributed by atoms with Crippen LogP contribution in [0, 0.1) is 6.92 Å². The van der Waals surface area contributed by atoms with Gasteiger partial charge in [0.2, 0.25) is 5.91 Å². The molecule has 0 aliphatic heterocycles. The van der Waals surface area contributed by atoms with Crippen molar-refractivity contribution in [1.29, 1.82) is 0 Å². The van der Waals surface area contributed by atoms with Crippen LogP contribution in [0.3, 0.4) is 0 Å². The molecular formula is C15H13N3OS3. The van der Waals surface area contributed by atoms with Crippen molar-refractivity contribution in [2.24, 2.45) is 0 Å². The van der Waals surface area contributed by atoms with E-state index in [-0.39, 0.29) is 5.91 Å². The third kappa shape index (κ3) is 3.94. The third-order valence-corrected chi connectivity index (χ3v) is 5.55. The zero-order chi connectivity index (χ0) is 15.4. The number of benzene rings is 1. The van der Waals surface area contributed by atoms with E-state index in [2.05, 4.69) is 46.5 Å². The number of thiazole rings is 2. The van der Waals surface area contributed by atoms with Gasteiger partial charge < -0.3 is 5.32 Å². The summed E-state index contributed by atoms with van der Waals surface area (Å²) in [5.74, 6) is 0.271. The molecule has 4 nitrogen and oxygen atoms in total. The number of aryl methyl sites for hydroxylation is 1. The van der Waals surface area contributed by atoms with Crippen LogP contribution in [0.15, 0.2) is 45.6 Å². The predicted molar refractivity (Wildman–Crippen MR) is 93.8 cm³/mol. The maximum Gasteiger partial charge on any atom is 0.236 e. The first kappa shape index (κ1) is 15.2.